The molecule has 3 heterocycles. The maximum absolute atomic E-state index is 12.9. The number of ether oxygens (including phenoxy) is 1. The fraction of sp³-hybridized carbons (Fsp3) is 0.286. The van der Waals surface area contributed by atoms with E-state index in [-0.39, 0.29) is 24.6 Å². The summed E-state index contributed by atoms with van der Waals surface area (Å²) >= 11 is 1.35. The van der Waals surface area contributed by atoms with Gasteiger partial charge in [0.25, 0.3) is 5.91 Å². The molecule has 1 aliphatic rings. The molecule has 9 heteroatoms. The Morgan fingerprint density at radius 1 is 1.30 bits per heavy atom. The number of nitrogens with one attached hydrogen (secondary N) is 1. The summed E-state index contributed by atoms with van der Waals surface area (Å²) < 4.78 is 10.5. The number of fused-ring (bicyclic) bond motifs is 2. The summed E-state index contributed by atoms with van der Waals surface area (Å²) in [5, 5.41) is 3.80. The zero-order valence-electron chi connectivity index (χ0n) is 16.5. The number of halogens is 1. The Balaban J connectivity index is 0.00000256. The lowest BCUT2D eigenvalue weighted by molar-refractivity contribution is 0.0526. The molecule has 7 nitrogen and oxygen atoms in total. The average molecular weight is 449 g/mol. The average Bonchev–Trinajstić information content (AvgIpc) is 3.04. The van der Waals surface area contributed by atoms with Crippen LogP contribution in [-0.2, 0) is 17.7 Å². The van der Waals surface area contributed by atoms with Crippen LogP contribution in [0.5, 0.6) is 0 Å². The summed E-state index contributed by atoms with van der Waals surface area (Å²) in [6, 6.07) is 8.48. The summed E-state index contributed by atoms with van der Waals surface area (Å²) in [6.45, 7) is 3.49. The third-order valence-corrected chi connectivity index (χ3v) is 5.97. The predicted octanol–water partition coefficient (Wildman–Crippen LogP) is 3.69. The van der Waals surface area contributed by atoms with Gasteiger partial charge in [0, 0.05) is 23.4 Å². The monoisotopic (exact) mass is 448 g/mol. The van der Waals surface area contributed by atoms with Crippen LogP contribution in [-0.4, -0.2) is 37.0 Å². The van der Waals surface area contributed by atoms with Crippen LogP contribution in [0.25, 0.3) is 11.0 Å². The molecule has 30 heavy (non-hydrogen) atoms. The van der Waals surface area contributed by atoms with Gasteiger partial charge in [-0.25, -0.2) is 9.59 Å². The number of likely N-dealkylation sites (N-methyl/N-ethyl adjacent to an activating group) is 1. The Morgan fingerprint density at radius 2 is 2.07 bits per heavy atom. The maximum atomic E-state index is 12.9. The van der Waals surface area contributed by atoms with E-state index in [1.54, 1.807) is 31.2 Å². The second kappa shape index (κ2) is 8.99. The van der Waals surface area contributed by atoms with Gasteiger partial charge in [0.05, 0.1) is 12.2 Å². The minimum atomic E-state index is -0.722. The third kappa shape index (κ3) is 4.12. The maximum Gasteiger partial charge on any atom is 0.349 e. The van der Waals surface area contributed by atoms with E-state index in [1.807, 2.05) is 7.05 Å². The topological polar surface area (TPSA) is 88.8 Å². The van der Waals surface area contributed by atoms with Crippen LogP contribution < -0.4 is 10.9 Å². The molecule has 0 unspecified atom stereocenters. The van der Waals surface area contributed by atoms with Gasteiger partial charge in [0.2, 0.25) is 0 Å². The van der Waals surface area contributed by atoms with Crippen molar-refractivity contribution in [3.63, 3.8) is 0 Å². The first-order chi connectivity index (χ1) is 14.0. The fourth-order valence-electron chi connectivity index (χ4n) is 3.43. The predicted molar refractivity (Wildman–Crippen MR) is 118 cm³/mol. The molecule has 0 aliphatic carbocycles. The first kappa shape index (κ1) is 22.0. The van der Waals surface area contributed by atoms with E-state index in [1.165, 1.54) is 17.4 Å². The number of benzene rings is 1. The zero-order chi connectivity index (χ0) is 20.5. The molecule has 0 fully saturated rings. The van der Waals surface area contributed by atoms with Crippen LogP contribution in [0.2, 0.25) is 0 Å². The van der Waals surface area contributed by atoms with Gasteiger partial charge in [-0.3, -0.25) is 4.79 Å². The molecule has 4 rings (SSSR count). The Morgan fingerprint density at radius 3 is 2.83 bits per heavy atom. The van der Waals surface area contributed by atoms with Gasteiger partial charge in [-0.1, -0.05) is 18.2 Å². The molecule has 0 bridgehead atoms. The molecule has 1 aromatic carbocycles. The van der Waals surface area contributed by atoms with Crippen LogP contribution in [0.15, 0.2) is 39.5 Å². The highest BCUT2D eigenvalue weighted by molar-refractivity contribution is 7.17. The van der Waals surface area contributed by atoms with E-state index in [9.17, 15) is 14.4 Å². The van der Waals surface area contributed by atoms with Crippen molar-refractivity contribution in [3.05, 3.63) is 62.3 Å². The van der Waals surface area contributed by atoms with E-state index in [0.717, 1.165) is 17.0 Å². The number of para-hydroxylation sites is 1. The summed E-state index contributed by atoms with van der Waals surface area (Å²) in [7, 11) is 2.01. The lowest BCUT2D eigenvalue weighted by Gasteiger charge is -2.22. The fourth-order valence-corrected chi connectivity index (χ4v) is 4.74. The van der Waals surface area contributed by atoms with E-state index >= 15 is 0 Å². The number of thiophene rings is 1. The van der Waals surface area contributed by atoms with Crippen molar-refractivity contribution in [2.24, 2.45) is 0 Å². The second-order valence-electron chi connectivity index (χ2n) is 6.86. The molecule has 3 aromatic rings. The molecule has 2 aromatic heterocycles. The normalized spacial score (nSPS) is 13.4. The molecular weight excluding hydrogens is 428 g/mol. The van der Waals surface area contributed by atoms with Crippen LogP contribution >= 0.6 is 23.7 Å². The number of rotatable bonds is 4. The van der Waals surface area contributed by atoms with Crippen molar-refractivity contribution in [2.45, 2.75) is 19.9 Å². The van der Waals surface area contributed by atoms with Crippen molar-refractivity contribution in [2.75, 3.05) is 25.5 Å². The number of esters is 1. The minimum absolute atomic E-state index is 0. The number of carbonyl (C=O) groups excluding carboxylic acids is 2. The van der Waals surface area contributed by atoms with Crippen LogP contribution in [0, 0.1) is 0 Å². The van der Waals surface area contributed by atoms with Crippen molar-refractivity contribution in [1.29, 1.82) is 0 Å². The molecular formula is C21H21ClN2O5S. The third-order valence-electron chi connectivity index (χ3n) is 4.84. The van der Waals surface area contributed by atoms with Gasteiger partial charge >= 0.3 is 11.6 Å². The SMILES string of the molecule is CCOC(=O)c1c(NC(=O)c2cc3ccccc3oc2=O)sc2c1CCN(C)C2.Cl. The highest BCUT2D eigenvalue weighted by atomic mass is 35.5. The molecule has 0 spiro atoms. The molecule has 0 radical (unpaired) electrons. The smallest absolute Gasteiger partial charge is 0.349 e. The largest absolute Gasteiger partial charge is 0.462 e. The summed E-state index contributed by atoms with van der Waals surface area (Å²) in [4.78, 5) is 40.9. The van der Waals surface area contributed by atoms with Gasteiger partial charge in [0.15, 0.2) is 0 Å². The number of hydrogen-bond donors (Lipinski definition) is 1. The molecule has 158 valence electrons. The molecule has 1 N–H and O–H groups in total. The van der Waals surface area contributed by atoms with Gasteiger partial charge in [-0.2, -0.15) is 0 Å². The second-order valence-corrected chi connectivity index (χ2v) is 7.96. The Hall–Kier alpha value is -2.68. The Kier molecular flexibility index (Phi) is 6.60. The van der Waals surface area contributed by atoms with Gasteiger partial charge in [-0.15, -0.1) is 23.7 Å². The lowest BCUT2D eigenvalue weighted by Crippen LogP contribution is -2.26. The Bertz CT molecular complexity index is 1170. The van der Waals surface area contributed by atoms with Gasteiger partial charge in [0.1, 0.15) is 16.1 Å². The van der Waals surface area contributed by atoms with Crippen LogP contribution in [0.4, 0.5) is 5.00 Å². The zero-order valence-corrected chi connectivity index (χ0v) is 18.2. The summed E-state index contributed by atoms with van der Waals surface area (Å²) in [5.74, 6) is -1.07. The Labute approximate surface area is 183 Å². The van der Waals surface area contributed by atoms with E-state index in [0.29, 0.717) is 34.5 Å². The van der Waals surface area contributed by atoms with Crippen molar-refractivity contribution in [1.82, 2.24) is 4.90 Å². The van der Waals surface area contributed by atoms with Crippen LogP contribution in [0.1, 0.15) is 38.1 Å². The molecule has 0 saturated heterocycles. The number of hydrogen-bond acceptors (Lipinski definition) is 7. The standard InChI is InChI=1S/C21H20N2O5S.ClH/c1-3-27-21(26)17-13-8-9-23(2)11-16(13)29-19(17)22-18(24)14-10-12-6-4-5-7-15(12)28-20(14)25;/h4-7,10H,3,8-9,11H2,1-2H3,(H,22,24);1H. The first-order valence-corrected chi connectivity index (χ1v) is 10.1. The molecule has 1 amide bonds. The van der Waals surface area contributed by atoms with Crippen molar-refractivity contribution in [3.8, 4) is 0 Å². The van der Waals surface area contributed by atoms with Gasteiger partial charge in [-0.05, 0) is 38.1 Å². The lowest BCUT2D eigenvalue weighted by atomic mass is 10.0. The minimum Gasteiger partial charge on any atom is -0.462 e. The van der Waals surface area contributed by atoms with Crippen molar-refractivity contribution >= 4 is 51.6 Å². The number of amides is 1. The number of anilines is 1. The van der Waals surface area contributed by atoms with Crippen LogP contribution in [0.3, 0.4) is 0 Å². The number of nitrogens with zero attached hydrogens (tertiary/aromatic N) is 1. The number of carbonyl (C=O) groups is 2. The van der Waals surface area contributed by atoms with E-state index < -0.39 is 17.5 Å². The van der Waals surface area contributed by atoms with Crippen molar-refractivity contribution < 1.29 is 18.7 Å². The summed E-state index contributed by atoms with van der Waals surface area (Å²) in [5.41, 5.74) is 0.878. The molecule has 0 atom stereocenters. The highest BCUT2D eigenvalue weighted by Gasteiger charge is 2.29. The molecule has 1 aliphatic heterocycles. The van der Waals surface area contributed by atoms with E-state index in [2.05, 4.69) is 10.2 Å². The quantitative estimate of drug-likeness (QED) is 0.483. The molecule has 0 saturated carbocycles. The van der Waals surface area contributed by atoms with Gasteiger partial charge < -0.3 is 19.4 Å². The highest BCUT2D eigenvalue weighted by Crippen LogP contribution is 2.37. The van der Waals surface area contributed by atoms with E-state index in [4.69, 9.17) is 9.15 Å². The summed E-state index contributed by atoms with van der Waals surface area (Å²) in [6.07, 6.45) is 0.699. The first-order valence-electron chi connectivity index (χ1n) is 9.32.